The van der Waals surface area contributed by atoms with Gasteiger partial charge in [-0.15, -0.1) is 0 Å². The molecule has 0 unspecified atom stereocenters. The van der Waals surface area contributed by atoms with E-state index in [-0.39, 0.29) is 5.69 Å². The lowest BCUT2D eigenvalue weighted by Gasteiger charge is -2.00. The lowest BCUT2D eigenvalue weighted by atomic mass is 10.2. The van der Waals surface area contributed by atoms with Gasteiger partial charge in [-0.1, -0.05) is 11.6 Å². The molecule has 0 aliphatic rings. The van der Waals surface area contributed by atoms with Crippen molar-refractivity contribution in [3.8, 4) is 0 Å². The highest BCUT2D eigenvalue weighted by atomic mass is 35.5. The molecule has 90 valence electrons. The van der Waals surface area contributed by atoms with Crippen LogP contribution in [0.15, 0.2) is 23.3 Å². The maximum absolute atomic E-state index is 10.6. The zero-order valence-electron chi connectivity index (χ0n) is 8.81. The third-order valence-electron chi connectivity index (χ3n) is 1.79. The Morgan fingerprint density at radius 1 is 1.65 bits per heavy atom. The molecule has 0 radical (unpaired) electrons. The monoisotopic (exact) mass is 272 g/mol. The lowest BCUT2D eigenvalue weighted by molar-refractivity contribution is -0.384. The van der Waals surface area contributed by atoms with Gasteiger partial charge in [0, 0.05) is 29.8 Å². The summed E-state index contributed by atoms with van der Waals surface area (Å²) in [5.74, 6) is 0. The van der Waals surface area contributed by atoms with Crippen molar-refractivity contribution in [2.24, 2.45) is 5.10 Å². The molecule has 0 heterocycles. The molecule has 0 saturated carbocycles. The Morgan fingerprint density at radius 3 is 2.94 bits per heavy atom. The topological polar surface area (TPSA) is 79.6 Å². The smallest absolute Gasteiger partial charge is 0.270 e. The summed E-state index contributed by atoms with van der Waals surface area (Å²) in [7, 11) is 1.64. The molecule has 17 heavy (non-hydrogen) atoms. The Kier molecular flexibility index (Phi) is 4.80. The van der Waals surface area contributed by atoms with Crippen molar-refractivity contribution < 1.29 is 4.92 Å². The van der Waals surface area contributed by atoms with Crippen LogP contribution in [0.4, 0.5) is 5.69 Å². The molecule has 1 aromatic rings. The van der Waals surface area contributed by atoms with Crippen LogP contribution < -0.4 is 10.7 Å². The summed E-state index contributed by atoms with van der Waals surface area (Å²) in [4.78, 5) is 10.1. The van der Waals surface area contributed by atoms with Crippen LogP contribution in [0.1, 0.15) is 5.56 Å². The second-order valence-electron chi connectivity index (χ2n) is 2.91. The fourth-order valence-corrected chi connectivity index (χ4v) is 1.18. The average Bonchev–Trinajstić information content (AvgIpc) is 2.30. The highest BCUT2D eigenvalue weighted by Crippen LogP contribution is 2.20. The van der Waals surface area contributed by atoms with Gasteiger partial charge in [-0.3, -0.25) is 15.5 Å². The Morgan fingerprint density at radius 2 is 2.35 bits per heavy atom. The molecule has 0 aliphatic heterocycles. The molecule has 0 spiro atoms. The lowest BCUT2D eigenvalue weighted by Crippen LogP contribution is -2.28. The van der Waals surface area contributed by atoms with Crippen LogP contribution in [-0.2, 0) is 0 Å². The zero-order chi connectivity index (χ0) is 12.8. The van der Waals surface area contributed by atoms with Crippen LogP contribution in [0.2, 0.25) is 5.02 Å². The van der Waals surface area contributed by atoms with E-state index < -0.39 is 4.92 Å². The third-order valence-corrected chi connectivity index (χ3v) is 2.43. The minimum Gasteiger partial charge on any atom is -0.364 e. The van der Waals surface area contributed by atoms with Gasteiger partial charge < -0.3 is 5.32 Å². The quantitative estimate of drug-likeness (QED) is 0.379. The number of hydrazone groups is 1. The highest BCUT2D eigenvalue weighted by Gasteiger charge is 2.07. The van der Waals surface area contributed by atoms with Crippen molar-refractivity contribution in [1.82, 2.24) is 10.7 Å². The first kappa shape index (κ1) is 13.3. The van der Waals surface area contributed by atoms with Crippen molar-refractivity contribution in [3.05, 3.63) is 38.9 Å². The molecule has 0 fully saturated rings. The summed E-state index contributed by atoms with van der Waals surface area (Å²) < 4.78 is 0. The third kappa shape index (κ3) is 3.97. The average molecular weight is 273 g/mol. The van der Waals surface area contributed by atoms with Crippen LogP contribution in [0, 0.1) is 10.1 Å². The zero-order valence-corrected chi connectivity index (χ0v) is 10.4. The van der Waals surface area contributed by atoms with Crippen LogP contribution in [0.5, 0.6) is 0 Å². The number of nitro groups is 1. The Balaban J connectivity index is 2.86. The maximum atomic E-state index is 10.6. The number of benzene rings is 1. The summed E-state index contributed by atoms with van der Waals surface area (Å²) >= 11 is 10.7. The Bertz CT molecular complexity index is 478. The van der Waals surface area contributed by atoms with E-state index in [1.54, 1.807) is 7.05 Å². The first-order chi connectivity index (χ1) is 8.04. The largest absolute Gasteiger partial charge is 0.364 e. The van der Waals surface area contributed by atoms with E-state index in [9.17, 15) is 10.1 Å². The predicted molar refractivity (Wildman–Crippen MR) is 70.5 cm³/mol. The van der Waals surface area contributed by atoms with Gasteiger partial charge in [0.25, 0.3) is 5.69 Å². The standard InChI is InChI=1S/C9H9ClN4O2S/c1-11-9(17)13-12-5-6-4-7(14(15)16)2-3-8(6)10/h2-5H,1H3,(H2,11,13,17)/b12-5+. The number of nitro benzene ring substituents is 1. The van der Waals surface area contributed by atoms with Gasteiger partial charge >= 0.3 is 0 Å². The molecule has 0 atom stereocenters. The molecule has 1 aromatic carbocycles. The number of nitrogens with one attached hydrogen (secondary N) is 2. The summed E-state index contributed by atoms with van der Waals surface area (Å²) in [6, 6.07) is 4.10. The number of halogens is 1. The van der Waals surface area contributed by atoms with Crippen LogP contribution in [0.25, 0.3) is 0 Å². The minimum absolute atomic E-state index is 0.0490. The van der Waals surface area contributed by atoms with Gasteiger partial charge in [0.05, 0.1) is 11.1 Å². The maximum Gasteiger partial charge on any atom is 0.270 e. The number of non-ortho nitro benzene ring substituents is 1. The number of nitrogens with zero attached hydrogens (tertiary/aromatic N) is 2. The highest BCUT2D eigenvalue weighted by molar-refractivity contribution is 7.80. The van der Waals surface area contributed by atoms with Crippen LogP contribution >= 0.6 is 23.8 Å². The van der Waals surface area contributed by atoms with Gasteiger partial charge in [-0.05, 0) is 18.3 Å². The number of hydrogen-bond donors (Lipinski definition) is 2. The normalized spacial score (nSPS) is 10.2. The van der Waals surface area contributed by atoms with Gasteiger partial charge in [0.1, 0.15) is 0 Å². The van der Waals surface area contributed by atoms with E-state index in [0.717, 1.165) is 0 Å². The molecule has 8 heteroatoms. The first-order valence-electron chi connectivity index (χ1n) is 4.49. The van der Waals surface area contributed by atoms with E-state index in [1.807, 2.05) is 0 Å². The molecule has 1 rings (SSSR count). The molecule has 0 aliphatic carbocycles. The summed E-state index contributed by atoms with van der Waals surface area (Å²) in [5, 5.41) is 17.7. The van der Waals surface area contributed by atoms with E-state index >= 15 is 0 Å². The van der Waals surface area contributed by atoms with Crippen molar-refractivity contribution in [1.29, 1.82) is 0 Å². The van der Waals surface area contributed by atoms with Crippen molar-refractivity contribution in [2.75, 3.05) is 7.05 Å². The molecule has 0 bridgehead atoms. The van der Waals surface area contributed by atoms with E-state index in [2.05, 4.69) is 15.8 Å². The fourth-order valence-electron chi connectivity index (χ4n) is 0.960. The Hall–Kier alpha value is -1.73. The van der Waals surface area contributed by atoms with E-state index in [0.29, 0.717) is 15.7 Å². The second kappa shape index (κ2) is 6.12. The van der Waals surface area contributed by atoms with Crippen LogP contribution in [-0.4, -0.2) is 23.3 Å². The van der Waals surface area contributed by atoms with E-state index in [1.165, 1.54) is 24.4 Å². The summed E-state index contributed by atoms with van der Waals surface area (Å²) in [6.07, 6.45) is 1.36. The molecule has 2 N–H and O–H groups in total. The second-order valence-corrected chi connectivity index (χ2v) is 3.73. The number of hydrogen-bond acceptors (Lipinski definition) is 4. The SMILES string of the molecule is CNC(=S)N/N=C/c1cc([N+](=O)[O-])ccc1Cl. The molecule has 0 aromatic heterocycles. The molecular weight excluding hydrogens is 264 g/mol. The number of rotatable bonds is 3. The summed E-state index contributed by atoms with van der Waals surface area (Å²) in [5.41, 5.74) is 2.91. The molecule has 0 saturated heterocycles. The molecule has 6 nitrogen and oxygen atoms in total. The van der Waals surface area contributed by atoms with Crippen LogP contribution in [0.3, 0.4) is 0 Å². The number of thiocarbonyl (C=S) groups is 1. The van der Waals surface area contributed by atoms with Crippen molar-refractivity contribution in [2.45, 2.75) is 0 Å². The Labute approximate surface area is 108 Å². The molecular formula is C9H9ClN4O2S. The first-order valence-corrected chi connectivity index (χ1v) is 5.28. The van der Waals surface area contributed by atoms with E-state index in [4.69, 9.17) is 23.8 Å². The van der Waals surface area contributed by atoms with Gasteiger partial charge in [-0.2, -0.15) is 5.10 Å². The fraction of sp³-hybridized carbons (Fsp3) is 0.111. The predicted octanol–water partition coefficient (Wildman–Crippen LogP) is 1.68. The van der Waals surface area contributed by atoms with Crippen molar-refractivity contribution in [3.63, 3.8) is 0 Å². The summed E-state index contributed by atoms with van der Waals surface area (Å²) in [6.45, 7) is 0. The minimum atomic E-state index is -0.501. The van der Waals surface area contributed by atoms with Crippen molar-refractivity contribution >= 4 is 40.8 Å². The van der Waals surface area contributed by atoms with Gasteiger partial charge in [-0.25, -0.2) is 0 Å². The van der Waals surface area contributed by atoms with Gasteiger partial charge in [0.15, 0.2) is 5.11 Å². The van der Waals surface area contributed by atoms with Gasteiger partial charge in [0.2, 0.25) is 0 Å². The molecule has 0 amide bonds.